The van der Waals surface area contributed by atoms with Gasteiger partial charge < -0.3 is 33.5 Å². The standard InChI is InChI=1S/C25H35NO7S.C24H33NO5.2CH4/c1-17(2)12-20-16-26-10-8-19-13-23(30-4)24(31-5)14-21(19)22(26)15-25(20,33-18(3)27)9-7-11-32-34(6,28)29;1-16(2)11-19-15-25-9-7-18-12-22(28-4)23(29-5)13-20(18)21(25)14-24(19,8-6-10-26)30-17(3)27;;/h13-14,17,20,22H,8,10-12,15-16H2,1-6H3;12-13,16,19,21,26H,7,9-11,14-15H2,1-5H3;2*1H4/t20-,22-,25-;19-,21-,24-;;/m11../s1. The maximum atomic E-state index is 12.3. The molecule has 0 aromatic heterocycles. The van der Waals surface area contributed by atoms with Crippen LogP contribution in [-0.4, -0.2) is 121 Å². The molecular weight excluding hydrogens is 865 g/mol. The summed E-state index contributed by atoms with van der Waals surface area (Å²) in [6, 6.07) is 8.16. The van der Waals surface area contributed by atoms with E-state index in [1.807, 2.05) is 18.2 Å². The lowest BCUT2D eigenvalue weighted by Gasteiger charge is -2.51. The highest BCUT2D eigenvalue weighted by molar-refractivity contribution is 7.86. The van der Waals surface area contributed by atoms with Gasteiger partial charge in [0.15, 0.2) is 34.2 Å². The third-order valence-electron chi connectivity index (χ3n) is 12.6. The highest BCUT2D eigenvalue weighted by Crippen LogP contribution is 2.50. The summed E-state index contributed by atoms with van der Waals surface area (Å²) in [7, 11) is 2.90. The zero-order valence-corrected chi connectivity index (χ0v) is 40.3. The normalized spacial score (nSPS) is 24.2. The second-order valence-electron chi connectivity index (χ2n) is 18.1. The van der Waals surface area contributed by atoms with Gasteiger partial charge >= 0.3 is 11.9 Å². The number of aliphatic hydroxyl groups excluding tert-OH is 1. The first kappa shape index (κ1) is 55.8. The molecule has 15 heteroatoms. The van der Waals surface area contributed by atoms with E-state index in [1.54, 1.807) is 28.4 Å². The van der Waals surface area contributed by atoms with Gasteiger partial charge in [-0.15, -0.1) is 0 Å². The van der Waals surface area contributed by atoms with Crippen LogP contribution in [0, 0.1) is 47.4 Å². The second-order valence-corrected chi connectivity index (χ2v) is 19.7. The molecule has 0 spiro atoms. The van der Waals surface area contributed by atoms with E-state index in [4.69, 9.17) is 32.6 Å². The molecule has 2 aromatic rings. The van der Waals surface area contributed by atoms with Gasteiger partial charge in [-0.05, 0) is 84.0 Å². The van der Waals surface area contributed by atoms with Crippen molar-refractivity contribution in [3.05, 3.63) is 46.5 Å². The molecule has 66 heavy (non-hydrogen) atoms. The van der Waals surface area contributed by atoms with E-state index >= 15 is 0 Å². The van der Waals surface area contributed by atoms with Gasteiger partial charge in [-0.25, -0.2) is 0 Å². The van der Waals surface area contributed by atoms with Crippen LogP contribution in [0.4, 0.5) is 0 Å². The molecule has 0 unspecified atom stereocenters. The number of fused-ring (bicyclic) bond motifs is 6. The molecule has 2 aromatic carbocycles. The van der Waals surface area contributed by atoms with Gasteiger partial charge in [0.1, 0.15) is 13.2 Å². The highest BCUT2D eigenvalue weighted by Gasteiger charge is 2.52. The minimum absolute atomic E-state index is 0. The van der Waals surface area contributed by atoms with E-state index < -0.39 is 27.3 Å². The van der Waals surface area contributed by atoms with Crippen LogP contribution in [0.2, 0.25) is 0 Å². The van der Waals surface area contributed by atoms with E-state index in [0.717, 1.165) is 62.9 Å². The fourth-order valence-corrected chi connectivity index (χ4v) is 10.4. The molecule has 0 amide bonds. The first-order valence-electron chi connectivity index (χ1n) is 22.1. The average molecular weight is 941 g/mol. The second kappa shape index (κ2) is 24.0. The van der Waals surface area contributed by atoms with Crippen molar-refractivity contribution in [1.29, 1.82) is 0 Å². The summed E-state index contributed by atoms with van der Waals surface area (Å²) in [4.78, 5) is 29.3. The Bertz CT molecular complexity index is 2220. The SMILES string of the molecule is C.C.COc1cc2c(cc1OC)[C@H]1C[C@@](C#CCO)(OC(C)=O)[C@H](CC(C)C)CN1CC2.COc1cc2c(cc1OC)[C@H]1C[C@@](C#CCOS(C)(=O)=O)(OC(C)=O)[C@H](CC(C)C)CN1CC2. The number of hydrogen-bond acceptors (Lipinski definition) is 14. The van der Waals surface area contributed by atoms with Crippen molar-refractivity contribution in [3.63, 3.8) is 0 Å². The minimum Gasteiger partial charge on any atom is -0.493 e. The third-order valence-corrected chi connectivity index (χ3v) is 13.2. The predicted molar refractivity (Wildman–Crippen MR) is 256 cm³/mol. The van der Waals surface area contributed by atoms with Gasteiger partial charge in [-0.3, -0.25) is 23.6 Å². The largest absolute Gasteiger partial charge is 0.493 e. The summed E-state index contributed by atoms with van der Waals surface area (Å²) in [6.07, 6.45) is 5.56. The third kappa shape index (κ3) is 13.3. The summed E-state index contributed by atoms with van der Waals surface area (Å²) in [5, 5.41) is 9.37. The molecule has 6 rings (SSSR count). The number of rotatable bonds is 12. The van der Waals surface area contributed by atoms with Crippen molar-refractivity contribution < 1.29 is 55.7 Å². The Kier molecular flexibility index (Phi) is 20.3. The molecule has 4 aliphatic rings. The fraction of sp³-hybridized carbons (Fsp3) is 0.647. The topological polar surface area (TPSA) is 160 Å². The van der Waals surface area contributed by atoms with Gasteiger partial charge in [-0.1, -0.05) is 66.2 Å². The number of hydrogen-bond donors (Lipinski definition) is 1. The molecule has 0 aliphatic carbocycles. The van der Waals surface area contributed by atoms with E-state index in [0.29, 0.717) is 48.5 Å². The van der Waals surface area contributed by atoms with Gasteiger partial charge in [-0.2, -0.15) is 8.42 Å². The van der Waals surface area contributed by atoms with Crippen molar-refractivity contribution in [2.75, 3.05) is 74.1 Å². The summed E-state index contributed by atoms with van der Waals surface area (Å²) in [6.45, 7) is 14.2. The van der Waals surface area contributed by atoms with Crippen LogP contribution in [-0.2, 0) is 46.2 Å². The Morgan fingerprint density at radius 3 is 1.41 bits per heavy atom. The monoisotopic (exact) mass is 941 g/mol. The average Bonchev–Trinajstić information content (AvgIpc) is 3.23. The van der Waals surface area contributed by atoms with Crippen LogP contribution >= 0.6 is 0 Å². The molecule has 1 N–H and O–H groups in total. The fourth-order valence-electron chi connectivity index (χ4n) is 10.1. The molecule has 4 aliphatic heterocycles. The molecule has 2 saturated heterocycles. The molecule has 0 bridgehead atoms. The van der Waals surface area contributed by atoms with Crippen LogP contribution in [0.1, 0.15) is 116 Å². The number of nitrogens with zero attached hydrogens (tertiary/aromatic N) is 2. The number of aliphatic hydroxyl groups is 1. The number of esters is 2. The zero-order valence-electron chi connectivity index (χ0n) is 39.5. The van der Waals surface area contributed by atoms with Crippen LogP contribution in [0.5, 0.6) is 23.0 Å². The number of piperidine rings is 2. The Morgan fingerprint density at radius 2 is 1.08 bits per heavy atom. The molecule has 2 fully saturated rings. The Morgan fingerprint density at radius 1 is 0.697 bits per heavy atom. The van der Waals surface area contributed by atoms with Gasteiger partial charge in [0, 0.05) is 76.8 Å². The first-order valence-corrected chi connectivity index (χ1v) is 23.9. The molecular formula is C51H76N2O12S. The maximum absolute atomic E-state index is 12.3. The molecule has 4 heterocycles. The predicted octanol–water partition coefficient (Wildman–Crippen LogP) is 7.19. The van der Waals surface area contributed by atoms with E-state index in [1.165, 1.54) is 30.5 Å². The quantitative estimate of drug-likeness (QED) is 0.129. The van der Waals surface area contributed by atoms with Gasteiger partial charge in [0.25, 0.3) is 10.1 Å². The smallest absolute Gasteiger partial charge is 0.304 e. The van der Waals surface area contributed by atoms with Crippen molar-refractivity contribution in [2.45, 2.75) is 118 Å². The van der Waals surface area contributed by atoms with Gasteiger partial charge in [0.05, 0.1) is 34.7 Å². The lowest BCUT2D eigenvalue weighted by atomic mass is 9.71. The number of carbonyl (C=O) groups is 2. The minimum atomic E-state index is -3.62. The van der Waals surface area contributed by atoms with Crippen LogP contribution in [0.15, 0.2) is 24.3 Å². The van der Waals surface area contributed by atoms with Crippen molar-refractivity contribution in [1.82, 2.24) is 9.80 Å². The van der Waals surface area contributed by atoms with Crippen LogP contribution in [0.25, 0.3) is 0 Å². The number of ether oxygens (including phenoxy) is 6. The summed E-state index contributed by atoms with van der Waals surface area (Å²) in [5.41, 5.74) is 2.71. The summed E-state index contributed by atoms with van der Waals surface area (Å²) < 4.78 is 61.6. The lowest BCUT2D eigenvalue weighted by molar-refractivity contribution is -0.166. The number of benzene rings is 2. The van der Waals surface area contributed by atoms with Crippen LogP contribution in [0.3, 0.4) is 0 Å². The Labute approximate surface area is 395 Å². The zero-order chi connectivity index (χ0) is 47.0. The van der Waals surface area contributed by atoms with E-state index in [-0.39, 0.29) is 58.0 Å². The van der Waals surface area contributed by atoms with Crippen molar-refractivity contribution in [2.24, 2.45) is 23.7 Å². The highest BCUT2D eigenvalue weighted by atomic mass is 32.2. The molecule has 368 valence electrons. The van der Waals surface area contributed by atoms with Crippen LogP contribution < -0.4 is 18.9 Å². The Balaban J connectivity index is 0.000000342. The lowest BCUT2D eigenvalue weighted by Crippen LogP contribution is -2.56. The first-order chi connectivity index (χ1) is 30.3. The van der Waals surface area contributed by atoms with Gasteiger partial charge in [0.2, 0.25) is 0 Å². The number of methoxy groups -OCH3 is 4. The molecule has 6 atom stereocenters. The van der Waals surface area contributed by atoms with E-state index in [2.05, 4.69) is 67.2 Å². The van der Waals surface area contributed by atoms with Crippen molar-refractivity contribution >= 4 is 22.1 Å². The maximum Gasteiger partial charge on any atom is 0.304 e. The van der Waals surface area contributed by atoms with E-state index in [9.17, 15) is 23.1 Å². The Hall–Kier alpha value is -4.51. The summed E-state index contributed by atoms with van der Waals surface area (Å²) in [5.74, 6) is 14.8. The molecule has 14 nitrogen and oxygen atoms in total. The molecule has 0 radical (unpaired) electrons. The summed E-state index contributed by atoms with van der Waals surface area (Å²) >= 11 is 0. The molecule has 0 saturated carbocycles. The number of carbonyl (C=O) groups excluding carboxylic acids is 2. The van der Waals surface area contributed by atoms with Crippen molar-refractivity contribution in [3.8, 4) is 46.7 Å².